The van der Waals surface area contributed by atoms with Gasteiger partial charge in [-0.3, -0.25) is 25.2 Å². The normalized spacial score (nSPS) is 16.3. The van der Waals surface area contributed by atoms with Gasteiger partial charge in [0, 0.05) is 35.1 Å². The van der Waals surface area contributed by atoms with Gasteiger partial charge in [0.25, 0.3) is 5.91 Å². The van der Waals surface area contributed by atoms with Crippen LogP contribution in [0, 0.1) is 5.92 Å². The van der Waals surface area contributed by atoms with E-state index in [2.05, 4.69) is 10.9 Å². The summed E-state index contributed by atoms with van der Waals surface area (Å²) in [4.78, 5) is 38.2. The van der Waals surface area contributed by atoms with E-state index in [1.165, 1.54) is 18.2 Å². The van der Waals surface area contributed by atoms with Crippen molar-refractivity contribution >= 4 is 40.9 Å². The number of hydrogen-bond acceptors (Lipinski definition) is 3. The lowest BCUT2D eigenvalue weighted by molar-refractivity contribution is -0.129. The van der Waals surface area contributed by atoms with Gasteiger partial charge in [0.15, 0.2) is 0 Å². The summed E-state index contributed by atoms with van der Waals surface area (Å²) in [6.07, 6.45) is 0.109. The molecule has 0 saturated carbocycles. The van der Waals surface area contributed by atoms with Gasteiger partial charge in [0.05, 0.1) is 5.92 Å². The first-order valence-corrected chi connectivity index (χ1v) is 9.06. The Labute approximate surface area is 166 Å². The Balaban J connectivity index is 1.54. The van der Waals surface area contributed by atoms with Crippen molar-refractivity contribution in [2.45, 2.75) is 13.0 Å². The minimum absolute atomic E-state index is 0.0908. The van der Waals surface area contributed by atoms with Crippen molar-refractivity contribution in [3.05, 3.63) is 69.7 Å². The maximum absolute atomic E-state index is 12.3. The number of hydrogen-bond donors (Lipinski definition) is 2. The van der Waals surface area contributed by atoms with Crippen molar-refractivity contribution in [1.82, 2.24) is 15.8 Å². The average Bonchev–Trinajstić information content (AvgIpc) is 3.00. The summed E-state index contributed by atoms with van der Waals surface area (Å²) in [6.45, 7) is 0.759. The van der Waals surface area contributed by atoms with Gasteiger partial charge in [-0.2, -0.15) is 0 Å². The smallest absolute Gasteiger partial charge is 0.269 e. The molecule has 2 aromatic carbocycles. The van der Waals surface area contributed by atoms with Crippen molar-refractivity contribution in [1.29, 1.82) is 0 Å². The van der Waals surface area contributed by atoms with Crippen molar-refractivity contribution in [3.63, 3.8) is 0 Å². The van der Waals surface area contributed by atoms with E-state index in [9.17, 15) is 14.4 Å². The summed E-state index contributed by atoms with van der Waals surface area (Å²) in [5.74, 6) is -1.57. The molecule has 0 bridgehead atoms. The fourth-order valence-electron chi connectivity index (χ4n) is 2.88. The molecule has 140 valence electrons. The number of amides is 3. The summed E-state index contributed by atoms with van der Waals surface area (Å²) >= 11 is 11.7. The number of nitrogens with zero attached hydrogens (tertiary/aromatic N) is 1. The SMILES string of the molecule is O=C(NNC(=O)C1CC(=O)N(Cc2ccccc2)C1)c1cc(Cl)cc(Cl)c1. The first-order chi connectivity index (χ1) is 12.9. The Morgan fingerprint density at radius 3 is 2.37 bits per heavy atom. The van der Waals surface area contributed by atoms with Crippen LogP contribution in [0.2, 0.25) is 10.0 Å². The Kier molecular flexibility index (Phi) is 5.98. The summed E-state index contributed by atoms with van der Waals surface area (Å²) in [6, 6.07) is 13.9. The van der Waals surface area contributed by atoms with E-state index in [0.29, 0.717) is 23.1 Å². The zero-order valence-corrected chi connectivity index (χ0v) is 15.8. The molecule has 8 heteroatoms. The summed E-state index contributed by atoms with van der Waals surface area (Å²) < 4.78 is 0. The van der Waals surface area contributed by atoms with Gasteiger partial charge >= 0.3 is 0 Å². The zero-order chi connectivity index (χ0) is 19.4. The first-order valence-electron chi connectivity index (χ1n) is 8.30. The van der Waals surface area contributed by atoms with Crippen LogP contribution in [0.1, 0.15) is 22.3 Å². The van der Waals surface area contributed by atoms with Crippen LogP contribution in [0.4, 0.5) is 0 Å². The van der Waals surface area contributed by atoms with Crippen molar-refractivity contribution in [2.24, 2.45) is 5.92 Å². The van der Waals surface area contributed by atoms with Gasteiger partial charge in [-0.25, -0.2) is 0 Å². The second-order valence-corrected chi connectivity index (χ2v) is 7.14. The van der Waals surface area contributed by atoms with Crippen LogP contribution < -0.4 is 10.9 Å². The fraction of sp³-hybridized carbons (Fsp3) is 0.211. The second-order valence-electron chi connectivity index (χ2n) is 6.26. The number of hydrazine groups is 1. The first kappa shape index (κ1) is 19.2. The van der Waals surface area contributed by atoms with Crippen LogP contribution in [-0.4, -0.2) is 29.2 Å². The highest BCUT2D eigenvalue weighted by atomic mass is 35.5. The maximum atomic E-state index is 12.3. The minimum Gasteiger partial charge on any atom is -0.338 e. The van der Waals surface area contributed by atoms with E-state index in [1.807, 2.05) is 30.3 Å². The lowest BCUT2D eigenvalue weighted by Gasteiger charge is -2.16. The third-order valence-corrected chi connectivity index (χ3v) is 4.66. The molecule has 1 unspecified atom stereocenters. The molecule has 1 heterocycles. The lowest BCUT2D eigenvalue weighted by Crippen LogP contribution is -2.45. The standard InChI is InChI=1S/C19H17Cl2N3O3/c20-15-6-13(7-16(21)9-15)18(26)22-23-19(27)14-8-17(25)24(11-14)10-12-4-2-1-3-5-12/h1-7,9,14H,8,10-11H2,(H,22,26)(H,23,27). The number of carbonyl (C=O) groups excluding carboxylic acids is 3. The quantitative estimate of drug-likeness (QED) is 0.767. The molecule has 27 heavy (non-hydrogen) atoms. The van der Waals surface area contributed by atoms with Crippen molar-refractivity contribution in [2.75, 3.05) is 6.54 Å². The van der Waals surface area contributed by atoms with Crippen molar-refractivity contribution in [3.8, 4) is 0 Å². The van der Waals surface area contributed by atoms with Gasteiger partial charge in [-0.15, -0.1) is 0 Å². The number of benzene rings is 2. The van der Waals surface area contributed by atoms with Gasteiger partial charge in [0.2, 0.25) is 11.8 Å². The van der Waals surface area contributed by atoms with Crippen LogP contribution in [0.5, 0.6) is 0 Å². The van der Waals surface area contributed by atoms with E-state index in [-0.39, 0.29) is 17.9 Å². The third kappa shape index (κ3) is 4.99. The molecule has 2 aromatic rings. The Morgan fingerprint density at radius 2 is 1.70 bits per heavy atom. The topological polar surface area (TPSA) is 78.5 Å². The van der Waals surface area contributed by atoms with Gasteiger partial charge in [-0.05, 0) is 23.8 Å². The maximum Gasteiger partial charge on any atom is 0.269 e. The molecule has 1 atom stereocenters. The molecule has 1 saturated heterocycles. The average molecular weight is 406 g/mol. The number of halogens is 2. The Hall–Kier alpha value is -2.57. The van der Waals surface area contributed by atoms with Crippen molar-refractivity contribution < 1.29 is 14.4 Å². The number of likely N-dealkylation sites (tertiary alicyclic amines) is 1. The number of rotatable bonds is 4. The second kappa shape index (κ2) is 8.41. The highest BCUT2D eigenvalue weighted by Gasteiger charge is 2.34. The molecule has 6 nitrogen and oxygen atoms in total. The molecule has 1 fully saturated rings. The Morgan fingerprint density at radius 1 is 1.04 bits per heavy atom. The third-order valence-electron chi connectivity index (χ3n) is 4.23. The predicted octanol–water partition coefficient (Wildman–Crippen LogP) is 2.80. The highest BCUT2D eigenvalue weighted by Crippen LogP contribution is 2.21. The summed E-state index contributed by atoms with van der Waals surface area (Å²) in [5.41, 5.74) is 5.91. The summed E-state index contributed by atoms with van der Waals surface area (Å²) in [7, 11) is 0. The van der Waals surface area contributed by atoms with Crippen LogP contribution in [-0.2, 0) is 16.1 Å². The molecule has 3 rings (SSSR count). The van der Waals surface area contributed by atoms with Gasteiger partial charge < -0.3 is 4.90 Å². The largest absolute Gasteiger partial charge is 0.338 e. The van der Waals surface area contributed by atoms with Crippen LogP contribution >= 0.6 is 23.2 Å². The van der Waals surface area contributed by atoms with Crippen LogP contribution in [0.15, 0.2) is 48.5 Å². The number of carbonyl (C=O) groups is 3. The van der Waals surface area contributed by atoms with E-state index >= 15 is 0 Å². The summed E-state index contributed by atoms with van der Waals surface area (Å²) in [5, 5.41) is 0.633. The molecule has 0 aromatic heterocycles. The van der Waals surface area contributed by atoms with E-state index in [1.54, 1.807) is 4.90 Å². The van der Waals surface area contributed by atoms with E-state index in [4.69, 9.17) is 23.2 Å². The molecular weight excluding hydrogens is 389 g/mol. The molecule has 1 aliphatic rings. The van der Waals surface area contributed by atoms with Crippen LogP contribution in [0.25, 0.3) is 0 Å². The van der Waals surface area contributed by atoms with E-state index in [0.717, 1.165) is 5.56 Å². The van der Waals surface area contributed by atoms with Gasteiger partial charge in [0.1, 0.15) is 0 Å². The molecule has 0 spiro atoms. The minimum atomic E-state index is -0.543. The predicted molar refractivity (Wildman–Crippen MR) is 102 cm³/mol. The molecule has 1 aliphatic heterocycles. The van der Waals surface area contributed by atoms with Crippen LogP contribution in [0.3, 0.4) is 0 Å². The van der Waals surface area contributed by atoms with E-state index < -0.39 is 17.7 Å². The fourth-order valence-corrected chi connectivity index (χ4v) is 3.41. The molecule has 0 aliphatic carbocycles. The van der Waals surface area contributed by atoms with Gasteiger partial charge in [-0.1, -0.05) is 53.5 Å². The molecule has 2 N–H and O–H groups in total. The molecular formula is C19H17Cl2N3O3. The number of nitrogens with one attached hydrogen (secondary N) is 2. The highest BCUT2D eigenvalue weighted by molar-refractivity contribution is 6.35. The molecule has 3 amide bonds. The Bertz CT molecular complexity index is 854. The lowest BCUT2D eigenvalue weighted by atomic mass is 10.1. The zero-order valence-electron chi connectivity index (χ0n) is 14.2. The monoisotopic (exact) mass is 405 g/mol. The molecule has 0 radical (unpaired) electrons.